The van der Waals surface area contributed by atoms with Crippen LogP contribution >= 0.6 is 35.3 Å². The van der Waals surface area contributed by atoms with E-state index in [4.69, 9.17) is 88.6 Å². The molecule has 0 radical (unpaired) electrons. The van der Waals surface area contributed by atoms with Gasteiger partial charge >= 0.3 is 11.9 Å². The lowest BCUT2D eigenvalue weighted by atomic mass is 9.97. The molecule has 13 N–H and O–H groups in total. The molecule has 0 aliphatic carbocycles. The van der Waals surface area contributed by atoms with Crippen molar-refractivity contribution in [2.75, 3.05) is 41.3 Å². The van der Waals surface area contributed by atoms with Crippen molar-refractivity contribution in [1.29, 1.82) is 47.9 Å². The first kappa shape index (κ1) is 109. The number of rotatable bonds is 29. The fourth-order valence-corrected chi connectivity index (χ4v) is 14.8. The van der Waals surface area contributed by atoms with Crippen LogP contribution in [0, 0.1) is 111 Å². The number of carbonyl (C=O) groups excluding carboxylic acids is 2. The highest BCUT2D eigenvalue weighted by Crippen LogP contribution is 2.37. The average Bonchev–Trinajstić information content (AvgIpc) is 1.58. The second kappa shape index (κ2) is 57.0. The molecule has 0 spiro atoms. The van der Waals surface area contributed by atoms with Crippen LogP contribution in [0.2, 0.25) is 0 Å². The first-order valence-corrected chi connectivity index (χ1v) is 46.3. The number of aromatic nitrogens is 7. The Labute approximate surface area is 849 Å². The number of H-pyrrole nitrogens is 2. The lowest BCUT2D eigenvalue weighted by Crippen LogP contribution is -2.10. The number of nitro groups is 2. The third-order valence-corrected chi connectivity index (χ3v) is 22.8. The minimum Gasteiger partial charge on any atom is -0.477 e. The Morgan fingerprint density at radius 2 is 0.815 bits per heavy atom. The molecular formula is C106H86N22O15S3. The van der Waals surface area contributed by atoms with Gasteiger partial charge in [0.15, 0.2) is 23.1 Å². The molecule has 4 heterocycles. The van der Waals surface area contributed by atoms with Crippen molar-refractivity contribution in [2.45, 2.75) is 25.2 Å². The maximum Gasteiger partial charge on any atom is 0.342 e. The number of nitrogens with zero attached hydrogens (tertiary/aromatic N) is 14. The molecule has 0 atom stereocenters. The van der Waals surface area contributed by atoms with Crippen molar-refractivity contribution in [3.05, 3.63) is 424 Å². The van der Waals surface area contributed by atoms with Crippen LogP contribution in [-0.4, -0.2) is 98.3 Å². The van der Waals surface area contributed by atoms with Crippen LogP contribution in [0.3, 0.4) is 0 Å². The number of carbonyl (C=O) groups is 4. The van der Waals surface area contributed by atoms with Crippen LogP contribution in [0.15, 0.2) is 342 Å². The smallest absolute Gasteiger partial charge is 0.342 e. The van der Waals surface area contributed by atoms with Crippen LogP contribution in [0.4, 0.5) is 40.2 Å². The van der Waals surface area contributed by atoms with Gasteiger partial charge in [-0.15, -0.1) is 40.4 Å². The van der Waals surface area contributed by atoms with Gasteiger partial charge < -0.3 is 66.0 Å². The van der Waals surface area contributed by atoms with E-state index >= 15 is 0 Å². The number of thioether (sulfide) groups is 3. The molecule has 0 amide bonds. The monoisotopic (exact) mass is 2000 g/mol. The second-order valence-electron chi connectivity index (χ2n) is 29.2. The Morgan fingerprint density at radius 1 is 0.466 bits per heavy atom. The number of fused-ring (bicyclic) bond motifs is 1. The molecule has 16 rings (SSSR count). The number of carboxylic acid groups (broad SMARTS) is 2. The van der Waals surface area contributed by atoms with Crippen molar-refractivity contribution in [2.24, 2.45) is 0 Å². The molecule has 0 aliphatic rings. The van der Waals surface area contributed by atoms with Crippen molar-refractivity contribution < 1.29 is 64.3 Å². The molecule has 16 aromatic rings. The number of carboxylic acids is 2. The Kier molecular flexibility index (Phi) is 42.6. The predicted molar refractivity (Wildman–Crippen MR) is 554 cm³/mol. The number of nitro benzene ring substituents is 2. The van der Waals surface area contributed by atoms with Gasteiger partial charge in [-0.1, -0.05) is 146 Å². The first-order valence-electron chi connectivity index (χ1n) is 42.6. The van der Waals surface area contributed by atoms with Crippen LogP contribution in [-0.2, 0) is 28.9 Å². The first-order chi connectivity index (χ1) is 70.9. The van der Waals surface area contributed by atoms with Gasteiger partial charge in [0.1, 0.15) is 157 Å². The third kappa shape index (κ3) is 32.1. The number of hydrogen-bond donors (Lipinski definition) is 10. The zero-order chi connectivity index (χ0) is 105. The van der Waals surface area contributed by atoms with Crippen molar-refractivity contribution >= 4 is 106 Å². The maximum atomic E-state index is 11.7. The minimum atomic E-state index is -1.49. The quantitative estimate of drug-likeness (QED) is 0.00396. The molecule has 4 aromatic heterocycles. The molecule has 0 fully saturated rings. The number of anilines is 5. The van der Waals surface area contributed by atoms with Gasteiger partial charge in [0.2, 0.25) is 0 Å². The SMILES string of the molecule is CSC(Cc1ccc(Oc2ccccc2)cc1)=C(C#N)C#N.CSC(SC)=C(C#N)C#N.N#Cc1c(N)n[nH]c1Cc1ccc(Oc2ccccc2)cc1.N#Cc1c(N)n[nH]c1Cc1ccc(Oc2ccccc2)cc1.N#Cc1c(Nc2ccc(Oc3ccccc3)cc2)nn2cc(-c3cccc(C(=O)O)c3[N+](=O)[O-])cnc12.N=N.Nc1ccc(Oc2ccccc2)cc1.O=CC(C=O)c1cccc(C(=O)O)c1[N+](=O)[O-].[HH]. The van der Waals surface area contributed by atoms with E-state index in [0.717, 1.165) is 101 Å². The van der Waals surface area contributed by atoms with Crippen LogP contribution in [0.5, 0.6) is 57.5 Å². The van der Waals surface area contributed by atoms with Crippen molar-refractivity contribution in [3.8, 4) is 111 Å². The fourth-order valence-electron chi connectivity index (χ4n) is 12.9. The number of benzene rings is 12. The molecular weight excluding hydrogens is 1920 g/mol. The summed E-state index contributed by atoms with van der Waals surface area (Å²) in [7, 11) is 0. The lowest BCUT2D eigenvalue weighted by Gasteiger charge is -2.08. The maximum absolute atomic E-state index is 11.7. The molecule has 728 valence electrons. The summed E-state index contributed by atoms with van der Waals surface area (Å²) in [5.74, 6) is 4.08. The second-order valence-corrected chi connectivity index (χ2v) is 32.0. The van der Waals surface area contributed by atoms with Crippen LogP contribution in [0.25, 0.3) is 16.8 Å². The van der Waals surface area contributed by atoms with Gasteiger partial charge in [0.05, 0.1) is 31.0 Å². The molecule has 37 nitrogen and oxygen atoms in total. The molecule has 0 saturated carbocycles. The fraction of sp³-hybridized carbons (Fsp3) is 0.0660. The van der Waals surface area contributed by atoms with Gasteiger partial charge in [-0.25, -0.2) is 30.2 Å². The summed E-state index contributed by atoms with van der Waals surface area (Å²) >= 11 is 4.28. The summed E-state index contributed by atoms with van der Waals surface area (Å²) in [5.41, 5.74) is 32.2. The van der Waals surface area contributed by atoms with Gasteiger partial charge in [-0.3, -0.25) is 30.4 Å². The Hall–Kier alpha value is -20.5. The Balaban J connectivity index is 0.000000215. The molecule has 40 heteroatoms. The summed E-state index contributed by atoms with van der Waals surface area (Å²) in [4.78, 5) is 69.3. The van der Waals surface area contributed by atoms with Crippen molar-refractivity contribution in [1.82, 2.24) is 35.0 Å². The Morgan fingerprint density at radius 3 is 1.15 bits per heavy atom. The van der Waals surface area contributed by atoms with E-state index in [-0.39, 0.29) is 70.5 Å². The third-order valence-electron chi connectivity index (χ3n) is 19.8. The largest absolute Gasteiger partial charge is 0.477 e. The van der Waals surface area contributed by atoms with E-state index in [1.807, 2.05) is 292 Å². The van der Waals surface area contributed by atoms with Gasteiger partial charge in [0.25, 0.3) is 11.4 Å². The lowest BCUT2D eigenvalue weighted by molar-refractivity contribution is -0.385. The van der Waals surface area contributed by atoms with Gasteiger partial charge in [0, 0.05) is 60.5 Å². The number of aromatic amines is 2. The molecule has 0 bridgehead atoms. The molecule has 0 aliphatic heterocycles. The number of nitrogens with one attached hydrogen (secondary N) is 5. The summed E-state index contributed by atoms with van der Waals surface area (Å²) in [6, 6.07) is 106. The van der Waals surface area contributed by atoms with E-state index in [1.165, 1.54) is 76.5 Å². The number of aromatic carboxylic acids is 2. The minimum absolute atomic E-state index is 0. The number of para-hydroxylation sites is 7. The summed E-state index contributed by atoms with van der Waals surface area (Å²) in [6.07, 6.45) is 10.5. The number of allylic oxidation sites excluding steroid dienone is 3. The number of nitrogen functional groups attached to an aromatic ring is 3. The molecule has 0 saturated heterocycles. The highest BCUT2D eigenvalue weighted by Gasteiger charge is 2.30. The van der Waals surface area contributed by atoms with E-state index in [1.54, 1.807) is 24.3 Å². The topological polar surface area (TPSA) is 633 Å². The summed E-state index contributed by atoms with van der Waals surface area (Å²) in [5, 5.41) is 124. The molecule has 0 unspecified atom stereocenters. The van der Waals surface area contributed by atoms with Crippen LogP contribution < -0.4 is 46.2 Å². The predicted octanol–water partition coefficient (Wildman–Crippen LogP) is 23.2. The standard InChI is InChI=1S/C26H16N6O5.C18H14N2OS.2C17H14N4O.C12H11NO.C10H7NO6.C6H6N2S2.H2N2.H2/c27-13-22-24(29-17-9-11-19(12-10-17)37-18-5-2-1-3-6-18)30-31-15-16(14-28-25(22)31)20-7-4-8-21(26(33)34)23(20)32(35)36;1-22-18(15(12-19)13-20)11-14-7-9-17(10-8-14)21-16-5-3-2-4-6-16;2*18-11-15-16(20-21-17(15)19)10-12-6-8-14(9-7-12)22-13-4-2-1-3-5-13;13-10-6-8-12(9-7-10)14-11-4-2-1-3-5-11;12-4-6(5-13)7-2-1-3-8(10(14)15)9(7)11(16)17;1-9-6(10-2)5(3-7)4-8;1-2;/h1-12,14-15H,(H,29,30)(H,33,34);2-10H,11H2,1H3;2*1-9H,10H2,(H3,19,20,21);1-9H,13H2;1-6H,(H,14,15);1-2H3;1-2H;1H. The van der Waals surface area contributed by atoms with E-state index in [2.05, 4.69) is 54.0 Å². The highest BCUT2D eigenvalue weighted by atomic mass is 32.2. The van der Waals surface area contributed by atoms with E-state index < -0.39 is 50.2 Å². The van der Waals surface area contributed by atoms with Crippen LogP contribution in [0.1, 0.15) is 78.4 Å². The number of aldehydes is 2. The van der Waals surface area contributed by atoms with Crippen molar-refractivity contribution in [3.63, 3.8) is 0 Å². The number of hydrogen-bond acceptors (Lipinski definition) is 33. The van der Waals surface area contributed by atoms with Gasteiger partial charge in [-0.2, -0.15) is 47.0 Å². The zero-order valence-electron chi connectivity index (χ0n) is 77.4. The average molecular weight is 2000 g/mol. The van der Waals surface area contributed by atoms with E-state index in [0.29, 0.717) is 47.6 Å². The highest BCUT2D eigenvalue weighted by molar-refractivity contribution is 8.21. The number of nitriles is 7. The number of ether oxygens (including phenoxy) is 5. The molecule has 12 aromatic carbocycles. The Bertz CT molecular complexity index is 7380. The summed E-state index contributed by atoms with van der Waals surface area (Å²) < 4.78 is 30.7. The van der Waals surface area contributed by atoms with Gasteiger partial charge in [-0.05, 0) is 199 Å². The van der Waals surface area contributed by atoms with E-state index in [9.17, 15) is 49.8 Å². The normalized spacial score (nSPS) is 9.79. The molecule has 146 heavy (non-hydrogen) atoms. The number of nitrogens with two attached hydrogens (primary N) is 3. The zero-order valence-corrected chi connectivity index (χ0v) is 79.8. The summed E-state index contributed by atoms with van der Waals surface area (Å²) in [6.45, 7) is 0.